The first kappa shape index (κ1) is 15.2. The Morgan fingerprint density at radius 1 is 1.33 bits per heavy atom. The third-order valence-corrected chi connectivity index (χ3v) is 3.65. The van der Waals surface area contributed by atoms with E-state index in [1.165, 1.54) is 31.2 Å². The van der Waals surface area contributed by atoms with Gasteiger partial charge < -0.3 is 5.32 Å². The van der Waals surface area contributed by atoms with Crippen LogP contribution in [0.5, 0.6) is 0 Å². The van der Waals surface area contributed by atoms with Crippen LogP contribution in [0.4, 0.5) is 0 Å². The van der Waals surface area contributed by atoms with Gasteiger partial charge in [-0.25, -0.2) is 0 Å². The van der Waals surface area contributed by atoms with E-state index in [1.807, 2.05) is 6.20 Å². The van der Waals surface area contributed by atoms with Crippen LogP contribution in [0.2, 0.25) is 0 Å². The highest BCUT2D eigenvalue weighted by atomic mass is 15.3. The second-order valence-electron chi connectivity index (χ2n) is 5.19. The summed E-state index contributed by atoms with van der Waals surface area (Å²) in [5.74, 6) is 0.771. The van der Waals surface area contributed by atoms with Crippen LogP contribution in [-0.2, 0) is 6.54 Å². The largest absolute Gasteiger partial charge is 0.310 e. The van der Waals surface area contributed by atoms with Crippen molar-refractivity contribution in [3.05, 3.63) is 18.0 Å². The van der Waals surface area contributed by atoms with Crippen molar-refractivity contribution >= 4 is 0 Å². The van der Waals surface area contributed by atoms with Crippen molar-refractivity contribution in [3.63, 3.8) is 0 Å². The third-order valence-electron chi connectivity index (χ3n) is 3.65. The van der Waals surface area contributed by atoms with Crippen molar-refractivity contribution in [1.82, 2.24) is 15.1 Å². The van der Waals surface area contributed by atoms with Gasteiger partial charge in [0.15, 0.2) is 0 Å². The molecule has 0 spiro atoms. The highest BCUT2D eigenvalue weighted by Crippen LogP contribution is 2.16. The number of aromatic nitrogens is 2. The number of rotatable bonds is 9. The van der Waals surface area contributed by atoms with E-state index in [9.17, 15) is 0 Å². The third kappa shape index (κ3) is 4.81. The first-order valence-corrected chi connectivity index (χ1v) is 7.46. The maximum absolute atomic E-state index is 4.49. The van der Waals surface area contributed by atoms with Gasteiger partial charge in [-0.05, 0) is 25.8 Å². The molecule has 1 N–H and O–H groups in total. The zero-order valence-electron chi connectivity index (χ0n) is 12.4. The lowest BCUT2D eigenvalue weighted by Gasteiger charge is -2.14. The van der Waals surface area contributed by atoms with Gasteiger partial charge in [-0.2, -0.15) is 5.10 Å². The van der Waals surface area contributed by atoms with Gasteiger partial charge in [0.2, 0.25) is 0 Å². The number of hydrogen-bond donors (Lipinski definition) is 1. The van der Waals surface area contributed by atoms with Crippen molar-refractivity contribution in [1.29, 1.82) is 0 Å². The maximum Gasteiger partial charge on any atom is 0.0537 e. The van der Waals surface area contributed by atoms with Crippen LogP contribution in [0.3, 0.4) is 0 Å². The number of hydrogen-bond acceptors (Lipinski definition) is 2. The molecular formula is C15H29N3. The van der Waals surface area contributed by atoms with Crippen molar-refractivity contribution in [2.24, 2.45) is 5.92 Å². The number of nitrogens with zero attached hydrogens (tertiary/aromatic N) is 2. The van der Waals surface area contributed by atoms with Gasteiger partial charge in [-0.3, -0.25) is 4.68 Å². The molecular weight excluding hydrogens is 222 g/mol. The molecule has 0 bridgehead atoms. The van der Waals surface area contributed by atoms with Crippen LogP contribution in [0.15, 0.2) is 12.4 Å². The smallest absolute Gasteiger partial charge is 0.0537 e. The fraction of sp³-hybridized carbons (Fsp3) is 0.800. The van der Waals surface area contributed by atoms with Gasteiger partial charge in [0.05, 0.1) is 6.20 Å². The van der Waals surface area contributed by atoms with Crippen molar-refractivity contribution in [2.75, 3.05) is 6.54 Å². The minimum absolute atomic E-state index is 0.402. The second-order valence-corrected chi connectivity index (χ2v) is 5.19. The van der Waals surface area contributed by atoms with E-state index in [0.717, 1.165) is 19.0 Å². The van der Waals surface area contributed by atoms with E-state index in [2.05, 4.69) is 49.0 Å². The maximum atomic E-state index is 4.49. The number of nitrogens with one attached hydrogen (secondary N) is 1. The Morgan fingerprint density at radius 3 is 2.72 bits per heavy atom. The van der Waals surface area contributed by atoms with Crippen LogP contribution in [-0.4, -0.2) is 16.3 Å². The molecule has 0 aliphatic heterocycles. The summed E-state index contributed by atoms with van der Waals surface area (Å²) < 4.78 is 2.12. The van der Waals surface area contributed by atoms with Gasteiger partial charge in [0, 0.05) is 24.3 Å². The Labute approximate surface area is 112 Å². The fourth-order valence-electron chi connectivity index (χ4n) is 2.31. The lowest BCUT2D eigenvalue weighted by molar-refractivity contribution is 0.372. The number of unbranched alkanes of at least 4 members (excludes halogenated alkanes) is 1. The summed E-state index contributed by atoms with van der Waals surface area (Å²) in [6.45, 7) is 10.9. The molecule has 0 amide bonds. The Morgan fingerprint density at radius 2 is 2.11 bits per heavy atom. The van der Waals surface area contributed by atoms with E-state index >= 15 is 0 Å². The van der Waals surface area contributed by atoms with Gasteiger partial charge >= 0.3 is 0 Å². The normalized spacial score (nSPS) is 14.7. The summed E-state index contributed by atoms with van der Waals surface area (Å²) >= 11 is 0. The molecule has 3 nitrogen and oxygen atoms in total. The molecule has 0 aliphatic rings. The van der Waals surface area contributed by atoms with Gasteiger partial charge in [0.1, 0.15) is 0 Å². The van der Waals surface area contributed by atoms with Gasteiger partial charge in [0.25, 0.3) is 0 Å². The predicted octanol–water partition coefficient (Wildman–Crippen LogP) is 3.77. The van der Waals surface area contributed by atoms with Gasteiger partial charge in [-0.1, -0.05) is 40.0 Å². The summed E-state index contributed by atoms with van der Waals surface area (Å²) in [6.07, 6.45) is 9.39. The molecule has 2 atom stereocenters. The van der Waals surface area contributed by atoms with E-state index in [4.69, 9.17) is 0 Å². The van der Waals surface area contributed by atoms with Gasteiger partial charge in [-0.15, -0.1) is 0 Å². The second kappa shape index (κ2) is 8.30. The minimum Gasteiger partial charge on any atom is -0.310 e. The molecule has 0 fully saturated rings. The Hall–Kier alpha value is -0.830. The molecule has 1 rings (SSSR count). The SMILES string of the molecule is CCCCC(CC)Cn1cc(C(C)NCC)cn1. The summed E-state index contributed by atoms with van der Waals surface area (Å²) in [4.78, 5) is 0. The first-order chi connectivity index (χ1) is 8.71. The molecule has 0 saturated heterocycles. The van der Waals surface area contributed by atoms with Crippen LogP contribution >= 0.6 is 0 Å². The molecule has 1 aromatic rings. The first-order valence-electron chi connectivity index (χ1n) is 7.46. The van der Waals surface area contributed by atoms with Crippen LogP contribution < -0.4 is 5.32 Å². The Kier molecular flexibility index (Phi) is 7.02. The molecule has 1 heterocycles. The molecule has 18 heavy (non-hydrogen) atoms. The lowest BCUT2D eigenvalue weighted by Crippen LogP contribution is -2.17. The molecule has 2 unspecified atom stereocenters. The predicted molar refractivity (Wildman–Crippen MR) is 77.6 cm³/mol. The molecule has 3 heteroatoms. The molecule has 0 aliphatic carbocycles. The average molecular weight is 251 g/mol. The molecule has 1 aromatic heterocycles. The van der Waals surface area contributed by atoms with Crippen LogP contribution in [0.25, 0.3) is 0 Å². The molecule has 0 saturated carbocycles. The van der Waals surface area contributed by atoms with E-state index in [0.29, 0.717) is 6.04 Å². The summed E-state index contributed by atoms with van der Waals surface area (Å²) in [6, 6.07) is 0.402. The summed E-state index contributed by atoms with van der Waals surface area (Å²) in [5, 5.41) is 7.92. The zero-order chi connectivity index (χ0) is 13.4. The Bertz CT molecular complexity index is 319. The topological polar surface area (TPSA) is 29.9 Å². The van der Waals surface area contributed by atoms with E-state index < -0.39 is 0 Å². The zero-order valence-corrected chi connectivity index (χ0v) is 12.4. The molecule has 104 valence electrons. The minimum atomic E-state index is 0.402. The van der Waals surface area contributed by atoms with E-state index in [1.54, 1.807) is 0 Å². The average Bonchev–Trinajstić information content (AvgIpc) is 2.83. The summed E-state index contributed by atoms with van der Waals surface area (Å²) in [5.41, 5.74) is 1.29. The lowest BCUT2D eigenvalue weighted by atomic mass is 9.99. The quantitative estimate of drug-likeness (QED) is 0.724. The summed E-state index contributed by atoms with van der Waals surface area (Å²) in [7, 11) is 0. The van der Waals surface area contributed by atoms with Crippen LogP contribution in [0, 0.1) is 5.92 Å². The highest BCUT2D eigenvalue weighted by Gasteiger charge is 2.10. The van der Waals surface area contributed by atoms with Crippen LogP contribution in [0.1, 0.15) is 65.0 Å². The standard InChI is InChI=1S/C15H29N3/c1-5-8-9-14(6-2)11-18-12-15(10-17-18)13(4)16-7-3/h10,12-14,16H,5-9,11H2,1-4H3. The van der Waals surface area contributed by atoms with Crippen molar-refractivity contribution < 1.29 is 0 Å². The fourth-order valence-corrected chi connectivity index (χ4v) is 2.31. The molecule has 0 aromatic carbocycles. The van der Waals surface area contributed by atoms with E-state index in [-0.39, 0.29) is 0 Å². The Balaban J connectivity index is 2.51. The van der Waals surface area contributed by atoms with Crippen molar-refractivity contribution in [2.45, 2.75) is 66.0 Å². The monoisotopic (exact) mass is 251 g/mol. The van der Waals surface area contributed by atoms with Crippen molar-refractivity contribution in [3.8, 4) is 0 Å². The highest BCUT2D eigenvalue weighted by molar-refractivity contribution is 5.09. The molecule has 0 radical (unpaired) electrons.